The van der Waals surface area contributed by atoms with Gasteiger partial charge in [-0.25, -0.2) is 4.68 Å². The Labute approximate surface area is 109 Å². The largest absolute Gasteiger partial charge is 1.00 e. The second-order valence-electron chi connectivity index (χ2n) is 1.54. The van der Waals surface area contributed by atoms with E-state index < -0.39 is 5.97 Å². The maximum atomic E-state index is 9.97. The molecule has 0 aliphatic heterocycles. The summed E-state index contributed by atoms with van der Waals surface area (Å²) in [4.78, 5) is 9.97. The first-order chi connectivity index (χ1) is 4.70. The molecule has 8 heteroatoms. The van der Waals surface area contributed by atoms with Crippen LogP contribution in [0.1, 0.15) is 0 Å². The van der Waals surface area contributed by atoms with Crippen LogP contribution in [0.5, 0.6) is 0 Å². The molecule has 0 amide bonds. The molecule has 0 radical (unpaired) electrons. The van der Waals surface area contributed by atoms with Gasteiger partial charge in [-0.3, -0.25) is 0 Å². The van der Waals surface area contributed by atoms with Gasteiger partial charge in [0.05, 0.1) is 12.5 Å². The zero-order chi connectivity index (χ0) is 7.56. The summed E-state index contributed by atoms with van der Waals surface area (Å²) in [6.45, 7) is -0.341. The molecule has 0 fully saturated rings. The smallest absolute Gasteiger partial charge is 0.548 e. The van der Waals surface area contributed by atoms with Crippen LogP contribution in [0.3, 0.4) is 0 Å². The number of carboxylic acid groups (broad SMARTS) is 1. The zero-order valence-electron chi connectivity index (χ0n) is 5.77. The van der Waals surface area contributed by atoms with Crippen LogP contribution >= 0.6 is 12.2 Å². The second-order valence-corrected chi connectivity index (χ2v) is 1.91. The van der Waals surface area contributed by atoms with Crippen molar-refractivity contribution < 1.29 is 61.3 Å². The summed E-state index contributed by atoms with van der Waals surface area (Å²) in [7, 11) is 0. The fourth-order valence-electron chi connectivity index (χ4n) is 0.448. The number of carboxylic acids is 1. The molecule has 0 spiro atoms. The summed E-state index contributed by atoms with van der Waals surface area (Å²) in [5.74, 6) is -1.23. The van der Waals surface area contributed by atoms with E-state index in [-0.39, 0.29) is 62.7 Å². The standard InChI is InChI=1S/C3H4N4O2S.K/c8-2(9)1-7-3(10)4-5-6-7;/h1H2,(H,8,9)(H,4,6,10);/q;+1/p-1. The molecule has 0 saturated carbocycles. The maximum Gasteiger partial charge on any atom is 1.00 e. The fourth-order valence-corrected chi connectivity index (χ4v) is 0.594. The molecule has 1 aromatic rings. The van der Waals surface area contributed by atoms with Gasteiger partial charge in [-0.1, -0.05) is 10.3 Å². The van der Waals surface area contributed by atoms with E-state index in [9.17, 15) is 9.90 Å². The van der Waals surface area contributed by atoms with E-state index >= 15 is 0 Å². The third kappa shape index (κ3) is 3.54. The maximum absolute atomic E-state index is 9.97. The number of aromatic amines is 1. The zero-order valence-corrected chi connectivity index (χ0v) is 9.71. The normalized spacial score (nSPS) is 8.73. The molecule has 0 atom stereocenters. The molecule has 1 N–H and O–H groups in total. The van der Waals surface area contributed by atoms with Crippen LogP contribution in [-0.4, -0.2) is 26.2 Å². The van der Waals surface area contributed by atoms with Crippen LogP contribution in [0.25, 0.3) is 0 Å². The number of hydrogen-bond acceptors (Lipinski definition) is 5. The van der Waals surface area contributed by atoms with E-state index in [1.807, 2.05) is 0 Å². The quantitative estimate of drug-likeness (QED) is 0.380. The minimum absolute atomic E-state index is 0. The molecule has 1 heterocycles. The predicted octanol–water partition coefficient (Wildman–Crippen LogP) is -4.91. The number of hydrogen-bond donors (Lipinski definition) is 1. The monoisotopic (exact) mass is 198 g/mol. The van der Waals surface area contributed by atoms with Gasteiger partial charge >= 0.3 is 51.4 Å². The van der Waals surface area contributed by atoms with Crippen molar-refractivity contribution >= 4 is 18.2 Å². The summed E-state index contributed by atoms with van der Waals surface area (Å²) in [6.07, 6.45) is 0. The van der Waals surface area contributed by atoms with Crippen molar-refractivity contribution in [3.8, 4) is 0 Å². The summed E-state index contributed by atoms with van der Waals surface area (Å²) >= 11 is 4.57. The van der Waals surface area contributed by atoms with E-state index in [1.54, 1.807) is 0 Å². The minimum atomic E-state index is -1.23. The molecule has 0 aliphatic rings. The third-order valence-electron chi connectivity index (χ3n) is 0.819. The van der Waals surface area contributed by atoms with Crippen molar-refractivity contribution in [1.82, 2.24) is 20.2 Å². The topological polar surface area (TPSA) is 86.6 Å². The van der Waals surface area contributed by atoms with Crippen molar-refractivity contribution in [3.05, 3.63) is 4.77 Å². The number of aromatic nitrogens is 4. The Balaban J connectivity index is 0.000001000. The number of H-pyrrole nitrogens is 1. The van der Waals surface area contributed by atoms with E-state index in [2.05, 4.69) is 27.7 Å². The number of tetrazole rings is 1. The van der Waals surface area contributed by atoms with Gasteiger partial charge < -0.3 is 9.90 Å². The predicted molar refractivity (Wildman–Crippen MR) is 30.2 cm³/mol. The average Bonchev–Trinajstić information content (AvgIpc) is 2.15. The number of carbonyl (C=O) groups is 1. The van der Waals surface area contributed by atoms with Crippen LogP contribution in [0.15, 0.2) is 0 Å². The van der Waals surface area contributed by atoms with Gasteiger partial charge in [-0.05, 0) is 12.2 Å². The van der Waals surface area contributed by atoms with E-state index in [0.29, 0.717) is 0 Å². The van der Waals surface area contributed by atoms with Crippen LogP contribution in [-0.2, 0) is 11.3 Å². The SMILES string of the molecule is O=C([O-])Cn1[nH]nnc1=S.[K+]. The number of nitrogens with zero attached hydrogens (tertiary/aromatic N) is 3. The van der Waals surface area contributed by atoms with Crippen molar-refractivity contribution in [1.29, 1.82) is 0 Å². The van der Waals surface area contributed by atoms with Crippen molar-refractivity contribution in [2.45, 2.75) is 6.54 Å². The Morgan fingerprint density at radius 2 is 2.45 bits per heavy atom. The molecular formula is C3H3KN4O2S. The molecule has 0 aliphatic carbocycles. The Morgan fingerprint density at radius 3 is 2.82 bits per heavy atom. The summed E-state index contributed by atoms with van der Waals surface area (Å²) in [5.41, 5.74) is 0. The molecular weight excluding hydrogens is 195 g/mol. The van der Waals surface area contributed by atoms with E-state index in [0.717, 1.165) is 4.68 Å². The number of nitrogens with one attached hydrogen (secondary N) is 1. The van der Waals surface area contributed by atoms with Gasteiger partial charge in [-0.2, -0.15) is 5.21 Å². The van der Waals surface area contributed by atoms with Crippen LogP contribution in [0.2, 0.25) is 0 Å². The minimum Gasteiger partial charge on any atom is -0.548 e. The van der Waals surface area contributed by atoms with Crippen molar-refractivity contribution in [2.24, 2.45) is 0 Å². The summed E-state index contributed by atoms with van der Waals surface area (Å²) in [5, 5.41) is 18.9. The molecule has 54 valence electrons. The molecule has 6 nitrogen and oxygen atoms in total. The molecule has 1 aromatic heterocycles. The first kappa shape index (κ1) is 11.4. The number of aliphatic carboxylic acids is 1. The van der Waals surface area contributed by atoms with E-state index in [1.165, 1.54) is 0 Å². The molecule has 1 rings (SSSR count). The summed E-state index contributed by atoms with van der Waals surface area (Å²) in [6, 6.07) is 0. The first-order valence-corrected chi connectivity index (χ1v) is 2.78. The Hall–Kier alpha value is 0.396. The number of rotatable bonds is 2. The Kier molecular flexibility index (Phi) is 5.30. The first-order valence-electron chi connectivity index (χ1n) is 2.38. The van der Waals surface area contributed by atoms with Crippen LogP contribution < -0.4 is 56.5 Å². The Bertz CT molecular complexity index is 294. The number of carbonyl (C=O) groups excluding carboxylic acids is 1. The van der Waals surface area contributed by atoms with Crippen molar-refractivity contribution in [2.75, 3.05) is 0 Å². The van der Waals surface area contributed by atoms with Crippen LogP contribution in [0, 0.1) is 4.77 Å². The van der Waals surface area contributed by atoms with Crippen molar-refractivity contribution in [3.63, 3.8) is 0 Å². The molecule has 0 unspecified atom stereocenters. The molecule has 0 aromatic carbocycles. The Morgan fingerprint density at radius 1 is 1.82 bits per heavy atom. The fraction of sp³-hybridized carbons (Fsp3) is 0.333. The van der Waals surface area contributed by atoms with Gasteiger partial charge in [0.2, 0.25) is 4.77 Å². The van der Waals surface area contributed by atoms with Gasteiger partial charge in [0.15, 0.2) is 0 Å². The van der Waals surface area contributed by atoms with Gasteiger partial charge in [0.25, 0.3) is 0 Å². The van der Waals surface area contributed by atoms with E-state index in [4.69, 9.17) is 0 Å². The van der Waals surface area contributed by atoms with Gasteiger partial charge in [-0.15, -0.1) is 0 Å². The second kappa shape index (κ2) is 5.11. The average molecular weight is 198 g/mol. The summed E-state index contributed by atoms with van der Waals surface area (Å²) < 4.78 is 1.19. The van der Waals surface area contributed by atoms with Gasteiger partial charge in [0, 0.05) is 0 Å². The molecule has 11 heavy (non-hydrogen) atoms. The van der Waals surface area contributed by atoms with Gasteiger partial charge in [0.1, 0.15) is 0 Å². The molecule has 0 bridgehead atoms. The van der Waals surface area contributed by atoms with Crippen LogP contribution in [0.4, 0.5) is 0 Å². The molecule has 0 saturated heterocycles. The third-order valence-corrected chi connectivity index (χ3v) is 1.12.